The maximum Gasteiger partial charge on any atom is 0.355 e. The average molecular weight is 294 g/mol. The minimum Gasteiger partial charge on any atom is -0.476 e. The molecule has 1 aliphatic carbocycles. The number of fused-ring (bicyclic) bond motifs is 1. The Kier molecular flexibility index (Phi) is 3.74. The van der Waals surface area contributed by atoms with Gasteiger partial charge in [-0.2, -0.15) is 0 Å². The van der Waals surface area contributed by atoms with Crippen LogP contribution in [0.2, 0.25) is 0 Å². The Balaban J connectivity index is 1.79. The van der Waals surface area contributed by atoms with Gasteiger partial charge >= 0.3 is 5.97 Å². The Morgan fingerprint density at radius 3 is 2.75 bits per heavy atom. The number of thiazole rings is 1. The van der Waals surface area contributed by atoms with Crippen molar-refractivity contribution in [3.8, 4) is 0 Å². The summed E-state index contributed by atoms with van der Waals surface area (Å²) in [5.41, 5.74) is -0.0319. The molecule has 1 N–H and O–H groups in total. The fourth-order valence-electron chi connectivity index (χ4n) is 3.47. The van der Waals surface area contributed by atoms with E-state index < -0.39 is 5.97 Å². The van der Waals surface area contributed by atoms with E-state index in [0.29, 0.717) is 17.0 Å². The number of nitrogens with zero attached hydrogens (tertiary/aromatic N) is 2. The highest BCUT2D eigenvalue weighted by Gasteiger charge is 2.36. The van der Waals surface area contributed by atoms with Gasteiger partial charge in [0.15, 0.2) is 10.7 Å². The van der Waals surface area contributed by atoms with Crippen molar-refractivity contribution in [2.24, 2.45) is 5.92 Å². The number of amides is 1. The van der Waals surface area contributed by atoms with E-state index in [1.165, 1.54) is 31.1 Å². The largest absolute Gasteiger partial charge is 0.476 e. The van der Waals surface area contributed by atoms with Crippen LogP contribution < -0.4 is 0 Å². The summed E-state index contributed by atoms with van der Waals surface area (Å²) >= 11 is 1.14. The molecule has 2 atom stereocenters. The molecule has 6 heteroatoms. The first-order valence-electron chi connectivity index (χ1n) is 7.16. The van der Waals surface area contributed by atoms with Crippen LogP contribution in [-0.2, 0) is 0 Å². The molecule has 0 spiro atoms. The summed E-state index contributed by atoms with van der Waals surface area (Å²) in [4.78, 5) is 29.3. The standard InChI is InChI=1S/C14H18N2O3S/c17-13(12-15-10(8-20-12)14(18)19)16-7-3-5-9-4-1-2-6-11(9)16/h8-9,11H,1-7H2,(H,18,19). The second-order valence-electron chi connectivity index (χ2n) is 5.60. The van der Waals surface area contributed by atoms with Crippen molar-refractivity contribution < 1.29 is 14.7 Å². The number of carbonyl (C=O) groups excluding carboxylic acids is 1. The fraction of sp³-hybridized carbons (Fsp3) is 0.643. The van der Waals surface area contributed by atoms with Crippen LogP contribution in [0, 0.1) is 5.92 Å². The monoisotopic (exact) mass is 294 g/mol. The topological polar surface area (TPSA) is 70.5 Å². The summed E-state index contributed by atoms with van der Waals surface area (Å²) < 4.78 is 0. The van der Waals surface area contributed by atoms with Crippen molar-refractivity contribution in [1.82, 2.24) is 9.88 Å². The summed E-state index contributed by atoms with van der Waals surface area (Å²) in [6, 6.07) is 0.335. The van der Waals surface area contributed by atoms with E-state index in [4.69, 9.17) is 5.11 Å². The third-order valence-corrected chi connectivity index (χ3v) is 5.24. The maximum absolute atomic E-state index is 12.6. The van der Waals surface area contributed by atoms with E-state index in [1.807, 2.05) is 4.90 Å². The van der Waals surface area contributed by atoms with Gasteiger partial charge in [0, 0.05) is 18.0 Å². The van der Waals surface area contributed by atoms with Crippen LogP contribution in [0.15, 0.2) is 5.38 Å². The predicted molar refractivity (Wildman–Crippen MR) is 75.1 cm³/mol. The minimum absolute atomic E-state index is 0.0319. The Morgan fingerprint density at radius 2 is 2.00 bits per heavy atom. The maximum atomic E-state index is 12.6. The van der Waals surface area contributed by atoms with Gasteiger partial charge in [-0.1, -0.05) is 12.8 Å². The van der Waals surface area contributed by atoms with Gasteiger partial charge in [-0.25, -0.2) is 9.78 Å². The van der Waals surface area contributed by atoms with Gasteiger partial charge in [0.05, 0.1) is 0 Å². The molecule has 1 saturated heterocycles. The molecule has 0 aromatic carbocycles. The summed E-state index contributed by atoms with van der Waals surface area (Å²) in [5, 5.41) is 10.7. The van der Waals surface area contributed by atoms with Crippen LogP contribution in [0.25, 0.3) is 0 Å². The first-order valence-corrected chi connectivity index (χ1v) is 8.04. The van der Waals surface area contributed by atoms with Crippen molar-refractivity contribution in [2.45, 2.75) is 44.6 Å². The number of likely N-dealkylation sites (tertiary alicyclic amines) is 1. The summed E-state index contributed by atoms with van der Waals surface area (Å²) in [7, 11) is 0. The van der Waals surface area contributed by atoms with Gasteiger partial charge in [0.2, 0.25) is 0 Å². The molecule has 0 radical (unpaired) electrons. The second kappa shape index (κ2) is 5.52. The van der Waals surface area contributed by atoms with Crippen LogP contribution in [0.1, 0.15) is 58.8 Å². The minimum atomic E-state index is -1.07. The van der Waals surface area contributed by atoms with Crippen LogP contribution in [0.3, 0.4) is 0 Å². The number of carboxylic acids is 1. The third kappa shape index (κ3) is 2.44. The molecule has 1 amide bonds. The zero-order valence-electron chi connectivity index (χ0n) is 11.2. The van der Waals surface area contributed by atoms with Crippen molar-refractivity contribution in [3.63, 3.8) is 0 Å². The average Bonchev–Trinajstić information content (AvgIpc) is 2.96. The third-order valence-electron chi connectivity index (χ3n) is 4.41. The SMILES string of the molecule is O=C(O)c1csc(C(=O)N2CCCC3CCCCC32)n1. The Hall–Kier alpha value is -1.43. The van der Waals surface area contributed by atoms with Gasteiger partial charge in [-0.3, -0.25) is 4.79 Å². The van der Waals surface area contributed by atoms with E-state index in [1.54, 1.807) is 0 Å². The molecule has 1 aromatic rings. The molecule has 5 nitrogen and oxygen atoms in total. The number of aromatic carboxylic acids is 1. The molecule has 2 heterocycles. The van der Waals surface area contributed by atoms with E-state index in [2.05, 4.69) is 4.98 Å². The molecular weight excluding hydrogens is 276 g/mol. The second-order valence-corrected chi connectivity index (χ2v) is 6.45. The molecule has 0 bridgehead atoms. The molecule has 2 aliphatic rings. The molecule has 3 rings (SSSR count). The zero-order chi connectivity index (χ0) is 14.1. The first-order chi connectivity index (χ1) is 9.66. The number of carboxylic acid groups (broad SMARTS) is 1. The Labute approximate surface area is 121 Å². The molecular formula is C14H18N2O3S. The summed E-state index contributed by atoms with van der Waals surface area (Å²) in [6.45, 7) is 0.780. The van der Waals surface area contributed by atoms with Gasteiger partial charge in [-0.05, 0) is 31.6 Å². The highest BCUT2D eigenvalue weighted by atomic mass is 32.1. The van der Waals surface area contributed by atoms with Gasteiger partial charge in [0.1, 0.15) is 0 Å². The molecule has 2 unspecified atom stereocenters. The van der Waals surface area contributed by atoms with Crippen molar-refractivity contribution in [2.75, 3.05) is 6.54 Å². The smallest absolute Gasteiger partial charge is 0.355 e. The first kappa shape index (κ1) is 13.5. The lowest BCUT2D eigenvalue weighted by Gasteiger charge is -2.43. The summed E-state index contributed by atoms with van der Waals surface area (Å²) in [5.74, 6) is -0.533. The van der Waals surface area contributed by atoms with Crippen molar-refractivity contribution in [3.05, 3.63) is 16.1 Å². The highest BCUT2D eigenvalue weighted by Crippen LogP contribution is 2.36. The van der Waals surface area contributed by atoms with E-state index >= 15 is 0 Å². The Morgan fingerprint density at radius 1 is 1.25 bits per heavy atom. The number of hydrogen-bond donors (Lipinski definition) is 1. The number of piperidine rings is 1. The van der Waals surface area contributed by atoms with Gasteiger partial charge < -0.3 is 10.0 Å². The van der Waals surface area contributed by atoms with Gasteiger partial charge in [0.25, 0.3) is 5.91 Å². The lowest BCUT2D eigenvalue weighted by Crippen LogP contribution is -2.49. The molecule has 1 aromatic heterocycles. The normalized spacial score (nSPS) is 26.1. The molecule has 1 saturated carbocycles. The van der Waals surface area contributed by atoms with E-state index in [-0.39, 0.29) is 11.6 Å². The molecule has 108 valence electrons. The Bertz CT molecular complexity index is 526. The molecule has 20 heavy (non-hydrogen) atoms. The van der Waals surface area contributed by atoms with Crippen LogP contribution in [-0.4, -0.2) is 39.5 Å². The highest BCUT2D eigenvalue weighted by molar-refractivity contribution is 7.11. The lowest BCUT2D eigenvalue weighted by atomic mass is 9.78. The number of aromatic nitrogens is 1. The molecule has 2 fully saturated rings. The van der Waals surface area contributed by atoms with Crippen molar-refractivity contribution >= 4 is 23.2 Å². The fourth-order valence-corrected chi connectivity index (χ4v) is 4.22. The van der Waals surface area contributed by atoms with E-state index in [0.717, 1.165) is 30.7 Å². The zero-order valence-corrected chi connectivity index (χ0v) is 12.1. The molecule has 1 aliphatic heterocycles. The predicted octanol–water partition coefficient (Wildman–Crippen LogP) is 2.64. The van der Waals surface area contributed by atoms with Crippen molar-refractivity contribution in [1.29, 1.82) is 0 Å². The van der Waals surface area contributed by atoms with Gasteiger partial charge in [-0.15, -0.1) is 11.3 Å². The van der Waals surface area contributed by atoms with Crippen LogP contribution in [0.4, 0.5) is 0 Å². The van der Waals surface area contributed by atoms with Crippen LogP contribution in [0.5, 0.6) is 0 Å². The number of hydrogen-bond acceptors (Lipinski definition) is 4. The number of carbonyl (C=O) groups is 2. The quantitative estimate of drug-likeness (QED) is 0.910. The number of rotatable bonds is 2. The lowest BCUT2D eigenvalue weighted by molar-refractivity contribution is 0.0390. The van der Waals surface area contributed by atoms with E-state index in [9.17, 15) is 9.59 Å². The summed E-state index contributed by atoms with van der Waals surface area (Å²) in [6.07, 6.45) is 7.00. The van der Waals surface area contributed by atoms with Crippen LogP contribution >= 0.6 is 11.3 Å².